The van der Waals surface area contributed by atoms with E-state index < -0.39 is 0 Å². The van der Waals surface area contributed by atoms with Crippen molar-refractivity contribution in [3.05, 3.63) is 0 Å². The van der Waals surface area contributed by atoms with Crippen molar-refractivity contribution in [3.8, 4) is 0 Å². The van der Waals surface area contributed by atoms with Crippen LogP contribution in [-0.4, -0.2) is 29.6 Å². The SMILES string of the molecule is CCC1CCCCC1C(N)C(C)(CC)N1CCCC1. The van der Waals surface area contributed by atoms with Gasteiger partial charge in [0, 0.05) is 11.6 Å². The summed E-state index contributed by atoms with van der Waals surface area (Å²) in [5, 5.41) is 0. The number of rotatable bonds is 5. The molecule has 0 amide bonds. The lowest BCUT2D eigenvalue weighted by Crippen LogP contribution is -2.61. The maximum absolute atomic E-state index is 6.84. The van der Waals surface area contributed by atoms with Crippen molar-refractivity contribution >= 4 is 0 Å². The van der Waals surface area contributed by atoms with Gasteiger partial charge in [-0.15, -0.1) is 0 Å². The summed E-state index contributed by atoms with van der Waals surface area (Å²) >= 11 is 0. The summed E-state index contributed by atoms with van der Waals surface area (Å²) in [5.41, 5.74) is 7.07. The van der Waals surface area contributed by atoms with Gasteiger partial charge in [0.2, 0.25) is 0 Å². The number of hydrogen-bond acceptors (Lipinski definition) is 2. The van der Waals surface area contributed by atoms with Gasteiger partial charge in [0.1, 0.15) is 0 Å². The summed E-state index contributed by atoms with van der Waals surface area (Å²) in [6.07, 6.45) is 10.8. The van der Waals surface area contributed by atoms with Crippen LogP contribution in [0.2, 0.25) is 0 Å². The Hall–Kier alpha value is -0.0800. The Balaban J connectivity index is 2.11. The summed E-state index contributed by atoms with van der Waals surface area (Å²) < 4.78 is 0. The monoisotopic (exact) mass is 266 g/mol. The predicted octanol–water partition coefficient (Wildman–Crippen LogP) is 3.79. The molecule has 0 spiro atoms. The Labute approximate surface area is 120 Å². The maximum Gasteiger partial charge on any atom is 0.0332 e. The molecule has 2 rings (SSSR count). The topological polar surface area (TPSA) is 29.3 Å². The highest BCUT2D eigenvalue weighted by Crippen LogP contribution is 2.40. The molecule has 2 heteroatoms. The van der Waals surface area contributed by atoms with Crippen LogP contribution in [0.5, 0.6) is 0 Å². The molecule has 19 heavy (non-hydrogen) atoms. The lowest BCUT2D eigenvalue weighted by atomic mass is 9.68. The van der Waals surface area contributed by atoms with Crippen molar-refractivity contribution in [2.45, 2.75) is 83.7 Å². The van der Waals surface area contributed by atoms with Crippen LogP contribution in [0.4, 0.5) is 0 Å². The zero-order valence-electron chi connectivity index (χ0n) is 13.3. The number of likely N-dealkylation sites (tertiary alicyclic amines) is 1. The van der Waals surface area contributed by atoms with Crippen molar-refractivity contribution in [3.63, 3.8) is 0 Å². The third kappa shape index (κ3) is 3.00. The van der Waals surface area contributed by atoms with E-state index in [1.807, 2.05) is 0 Å². The lowest BCUT2D eigenvalue weighted by Gasteiger charge is -2.49. The number of nitrogens with zero attached hydrogens (tertiary/aromatic N) is 1. The van der Waals surface area contributed by atoms with E-state index >= 15 is 0 Å². The van der Waals surface area contributed by atoms with Crippen molar-refractivity contribution in [2.75, 3.05) is 13.1 Å². The minimum atomic E-state index is 0.228. The largest absolute Gasteiger partial charge is 0.326 e. The molecule has 112 valence electrons. The molecule has 2 aliphatic rings. The van der Waals surface area contributed by atoms with Gasteiger partial charge in [-0.2, -0.15) is 0 Å². The van der Waals surface area contributed by atoms with E-state index in [0.29, 0.717) is 6.04 Å². The fraction of sp³-hybridized carbons (Fsp3) is 1.00. The average Bonchev–Trinajstić information content (AvgIpc) is 3.00. The molecule has 1 aliphatic carbocycles. The van der Waals surface area contributed by atoms with E-state index in [0.717, 1.165) is 11.8 Å². The second kappa shape index (κ2) is 6.58. The molecule has 2 nitrogen and oxygen atoms in total. The van der Waals surface area contributed by atoms with Gasteiger partial charge in [-0.25, -0.2) is 0 Å². The molecule has 4 atom stereocenters. The minimum Gasteiger partial charge on any atom is -0.326 e. The average molecular weight is 266 g/mol. The fourth-order valence-electron chi connectivity index (χ4n) is 4.58. The van der Waals surface area contributed by atoms with Crippen LogP contribution in [0, 0.1) is 11.8 Å². The standard InChI is InChI=1S/C17H34N2/c1-4-14-10-6-7-11-15(14)16(18)17(3,5-2)19-12-8-9-13-19/h14-16H,4-13,18H2,1-3H3. The van der Waals surface area contributed by atoms with E-state index in [2.05, 4.69) is 25.7 Å². The summed E-state index contributed by atoms with van der Waals surface area (Å²) in [6.45, 7) is 9.66. The maximum atomic E-state index is 6.84. The molecule has 2 fully saturated rings. The van der Waals surface area contributed by atoms with Gasteiger partial charge < -0.3 is 5.73 Å². The molecule has 0 aromatic heterocycles. The third-order valence-electron chi connectivity index (χ3n) is 6.22. The van der Waals surface area contributed by atoms with Crippen LogP contribution in [0.1, 0.15) is 72.1 Å². The summed E-state index contributed by atoms with van der Waals surface area (Å²) in [6, 6.07) is 0.362. The van der Waals surface area contributed by atoms with E-state index in [-0.39, 0.29) is 5.54 Å². The summed E-state index contributed by atoms with van der Waals surface area (Å²) in [7, 11) is 0. The van der Waals surface area contributed by atoms with Gasteiger partial charge in [-0.1, -0.05) is 39.5 Å². The van der Waals surface area contributed by atoms with E-state index in [1.165, 1.54) is 64.5 Å². The minimum absolute atomic E-state index is 0.228. The molecular formula is C17H34N2. The summed E-state index contributed by atoms with van der Waals surface area (Å²) in [4.78, 5) is 2.69. The van der Waals surface area contributed by atoms with Gasteiger partial charge in [-0.3, -0.25) is 4.90 Å². The Kier molecular flexibility index (Phi) is 5.30. The molecule has 0 aromatic carbocycles. The van der Waals surface area contributed by atoms with Crippen molar-refractivity contribution in [1.29, 1.82) is 0 Å². The lowest BCUT2D eigenvalue weighted by molar-refractivity contribution is 0.0449. The van der Waals surface area contributed by atoms with Crippen LogP contribution in [0.3, 0.4) is 0 Å². The first-order chi connectivity index (χ1) is 9.13. The van der Waals surface area contributed by atoms with E-state index in [1.54, 1.807) is 0 Å². The van der Waals surface area contributed by atoms with Gasteiger partial charge in [-0.05, 0) is 57.5 Å². The van der Waals surface area contributed by atoms with E-state index in [9.17, 15) is 0 Å². The molecule has 1 aliphatic heterocycles. The van der Waals surface area contributed by atoms with Crippen LogP contribution in [-0.2, 0) is 0 Å². The zero-order valence-corrected chi connectivity index (χ0v) is 13.3. The highest BCUT2D eigenvalue weighted by Gasteiger charge is 2.43. The Morgan fingerprint density at radius 1 is 1.11 bits per heavy atom. The fourth-order valence-corrected chi connectivity index (χ4v) is 4.58. The molecule has 2 N–H and O–H groups in total. The van der Waals surface area contributed by atoms with Crippen molar-refractivity contribution < 1.29 is 0 Å². The van der Waals surface area contributed by atoms with Gasteiger partial charge >= 0.3 is 0 Å². The molecule has 1 saturated carbocycles. The summed E-state index contributed by atoms with van der Waals surface area (Å²) in [5.74, 6) is 1.63. The quantitative estimate of drug-likeness (QED) is 0.820. The molecule has 0 bridgehead atoms. The predicted molar refractivity (Wildman–Crippen MR) is 83.2 cm³/mol. The molecule has 1 heterocycles. The van der Waals surface area contributed by atoms with Gasteiger partial charge in [0.25, 0.3) is 0 Å². The highest BCUT2D eigenvalue weighted by molar-refractivity contribution is 5.01. The van der Waals surface area contributed by atoms with E-state index in [4.69, 9.17) is 5.73 Å². The Morgan fingerprint density at radius 2 is 1.74 bits per heavy atom. The third-order valence-corrected chi connectivity index (χ3v) is 6.22. The van der Waals surface area contributed by atoms with Crippen LogP contribution in [0.15, 0.2) is 0 Å². The molecular weight excluding hydrogens is 232 g/mol. The van der Waals surface area contributed by atoms with Crippen molar-refractivity contribution in [1.82, 2.24) is 4.90 Å². The van der Waals surface area contributed by atoms with Gasteiger partial charge in [0.05, 0.1) is 0 Å². The second-order valence-electron chi connectivity index (χ2n) is 7.05. The Morgan fingerprint density at radius 3 is 2.32 bits per heavy atom. The van der Waals surface area contributed by atoms with Crippen LogP contribution >= 0.6 is 0 Å². The Bertz CT molecular complexity index is 272. The number of nitrogens with two attached hydrogens (primary N) is 1. The highest BCUT2D eigenvalue weighted by atomic mass is 15.2. The molecule has 0 radical (unpaired) electrons. The van der Waals surface area contributed by atoms with Crippen LogP contribution < -0.4 is 5.73 Å². The smallest absolute Gasteiger partial charge is 0.0332 e. The first kappa shape index (κ1) is 15.3. The molecule has 1 saturated heterocycles. The van der Waals surface area contributed by atoms with Crippen molar-refractivity contribution in [2.24, 2.45) is 17.6 Å². The second-order valence-corrected chi connectivity index (χ2v) is 7.05. The zero-order chi connectivity index (χ0) is 13.9. The molecule has 4 unspecified atom stereocenters. The van der Waals surface area contributed by atoms with Crippen LogP contribution in [0.25, 0.3) is 0 Å². The van der Waals surface area contributed by atoms with Gasteiger partial charge in [0.15, 0.2) is 0 Å². The first-order valence-corrected chi connectivity index (χ1v) is 8.64. The normalized spacial score (nSPS) is 34.1. The number of hydrogen-bond donors (Lipinski definition) is 1. The molecule has 0 aromatic rings. The first-order valence-electron chi connectivity index (χ1n) is 8.64.